The first-order valence-corrected chi connectivity index (χ1v) is 6.08. The van der Waals surface area contributed by atoms with Gasteiger partial charge < -0.3 is 10.0 Å². The summed E-state index contributed by atoms with van der Waals surface area (Å²) in [4.78, 5) is 35.9. The predicted octanol–water partition coefficient (Wildman–Crippen LogP) is 1.21. The summed E-state index contributed by atoms with van der Waals surface area (Å²) >= 11 is 0. The van der Waals surface area contributed by atoms with Gasteiger partial charge in [0.2, 0.25) is 5.91 Å². The molecule has 6 nitrogen and oxygen atoms in total. The van der Waals surface area contributed by atoms with Crippen LogP contribution in [0.2, 0.25) is 0 Å². The van der Waals surface area contributed by atoms with Crippen LogP contribution in [0.15, 0.2) is 0 Å². The second-order valence-corrected chi connectivity index (χ2v) is 5.40. The summed E-state index contributed by atoms with van der Waals surface area (Å²) in [5.41, 5.74) is -1.17. The van der Waals surface area contributed by atoms with E-state index in [4.69, 9.17) is 5.11 Å². The number of aliphatic carboxylic acids is 1. The quantitative estimate of drug-likeness (QED) is 0.794. The second-order valence-electron chi connectivity index (χ2n) is 5.40. The highest BCUT2D eigenvalue weighted by Crippen LogP contribution is 2.20. The van der Waals surface area contributed by atoms with Crippen molar-refractivity contribution in [2.24, 2.45) is 5.41 Å². The molecule has 1 fully saturated rings. The molecule has 1 saturated heterocycles. The van der Waals surface area contributed by atoms with Gasteiger partial charge in [-0.2, -0.15) is 0 Å². The van der Waals surface area contributed by atoms with Gasteiger partial charge in [-0.25, -0.2) is 4.79 Å². The van der Waals surface area contributed by atoms with E-state index in [1.54, 1.807) is 4.90 Å². The third-order valence-corrected chi connectivity index (χ3v) is 3.24. The first-order valence-electron chi connectivity index (χ1n) is 6.08. The lowest BCUT2D eigenvalue weighted by molar-refractivity contribution is -0.149. The average Bonchev–Trinajstić information content (AvgIpc) is 2.62. The summed E-state index contributed by atoms with van der Waals surface area (Å²) in [6, 6.07) is -0.295. The molecule has 0 aromatic heterocycles. The first kappa shape index (κ1) is 14.5. The highest BCUT2D eigenvalue weighted by atomic mass is 16.4. The molecule has 1 heterocycles. The third kappa shape index (κ3) is 3.45. The molecule has 0 aromatic rings. The Morgan fingerprint density at radius 2 is 2.00 bits per heavy atom. The summed E-state index contributed by atoms with van der Waals surface area (Å²) in [5, 5.41) is 11.2. The molecule has 0 aliphatic carbocycles. The number of carboxylic acid groups (broad SMARTS) is 1. The van der Waals surface area contributed by atoms with E-state index in [1.165, 1.54) is 13.8 Å². The fourth-order valence-electron chi connectivity index (χ4n) is 1.95. The van der Waals surface area contributed by atoms with Crippen LogP contribution in [0.3, 0.4) is 0 Å². The third-order valence-electron chi connectivity index (χ3n) is 3.24. The average molecular weight is 256 g/mol. The molecule has 0 bridgehead atoms. The zero-order valence-electron chi connectivity index (χ0n) is 11.0. The number of likely N-dealkylation sites (tertiary alicyclic amines) is 1. The van der Waals surface area contributed by atoms with Crippen LogP contribution in [0.25, 0.3) is 0 Å². The Morgan fingerprint density at radius 1 is 1.39 bits per heavy atom. The second kappa shape index (κ2) is 5.37. The minimum Gasteiger partial charge on any atom is -0.481 e. The van der Waals surface area contributed by atoms with Crippen molar-refractivity contribution in [1.29, 1.82) is 0 Å². The van der Waals surface area contributed by atoms with Gasteiger partial charge in [-0.15, -0.1) is 0 Å². The first-order chi connectivity index (χ1) is 8.24. The van der Waals surface area contributed by atoms with E-state index in [2.05, 4.69) is 5.32 Å². The van der Waals surface area contributed by atoms with Crippen molar-refractivity contribution in [2.75, 3.05) is 6.54 Å². The number of carboxylic acids is 1. The lowest BCUT2D eigenvalue weighted by Gasteiger charge is -2.23. The molecule has 0 spiro atoms. The maximum Gasteiger partial charge on any atom is 0.324 e. The van der Waals surface area contributed by atoms with E-state index in [9.17, 15) is 14.4 Å². The molecular formula is C12H20N2O4. The molecule has 6 heteroatoms. The molecule has 18 heavy (non-hydrogen) atoms. The van der Waals surface area contributed by atoms with Crippen molar-refractivity contribution in [1.82, 2.24) is 10.2 Å². The van der Waals surface area contributed by atoms with Gasteiger partial charge >= 0.3 is 12.0 Å². The molecule has 2 N–H and O–H groups in total. The summed E-state index contributed by atoms with van der Waals surface area (Å²) in [5.74, 6) is -1.61. The lowest BCUT2D eigenvalue weighted by Crippen LogP contribution is -2.45. The molecule has 0 saturated carbocycles. The Bertz CT molecular complexity index is 365. The zero-order chi connectivity index (χ0) is 13.9. The van der Waals surface area contributed by atoms with Gasteiger partial charge in [0.15, 0.2) is 0 Å². The topological polar surface area (TPSA) is 86.7 Å². The Kier molecular flexibility index (Phi) is 4.32. The SMILES string of the molecule is CC1CCCN1C(=O)NC(=O)CC(C)(C)C(=O)O. The van der Waals surface area contributed by atoms with Gasteiger partial charge in [0.1, 0.15) is 0 Å². The van der Waals surface area contributed by atoms with Gasteiger partial charge in [-0.05, 0) is 33.6 Å². The van der Waals surface area contributed by atoms with Crippen LogP contribution in [0.5, 0.6) is 0 Å². The minimum atomic E-state index is -1.17. The molecule has 1 atom stereocenters. The predicted molar refractivity (Wildman–Crippen MR) is 65.0 cm³/mol. The lowest BCUT2D eigenvalue weighted by atomic mass is 9.89. The number of nitrogens with zero attached hydrogens (tertiary/aromatic N) is 1. The van der Waals surface area contributed by atoms with Crippen molar-refractivity contribution >= 4 is 17.9 Å². The normalized spacial score (nSPS) is 19.7. The molecule has 1 aliphatic rings. The smallest absolute Gasteiger partial charge is 0.324 e. The molecule has 0 radical (unpaired) electrons. The fourth-order valence-corrected chi connectivity index (χ4v) is 1.95. The number of hydrogen-bond donors (Lipinski definition) is 2. The van der Waals surface area contributed by atoms with Gasteiger partial charge in [-0.3, -0.25) is 14.9 Å². The molecule has 1 aliphatic heterocycles. The van der Waals surface area contributed by atoms with Crippen molar-refractivity contribution < 1.29 is 19.5 Å². The van der Waals surface area contributed by atoms with Crippen LogP contribution >= 0.6 is 0 Å². The van der Waals surface area contributed by atoms with Gasteiger partial charge in [0.25, 0.3) is 0 Å². The Morgan fingerprint density at radius 3 is 2.44 bits per heavy atom. The number of carbonyl (C=O) groups excluding carboxylic acids is 2. The Hall–Kier alpha value is -1.59. The van der Waals surface area contributed by atoms with Crippen molar-refractivity contribution in [3.63, 3.8) is 0 Å². The standard InChI is InChI=1S/C12H20N2O4/c1-8-5-4-6-14(8)11(18)13-9(15)7-12(2,3)10(16)17/h8H,4-7H2,1-3H3,(H,16,17)(H,13,15,18). The van der Waals surface area contributed by atoms with E-state index in [0.29, 0.717) is 6.54 Å². The van der Waals surface area contributed by atoms with Crippen LogP contribution in [0.4, 0.5) is 4.79 Å². The van der Waals surface area contributed by atoms with Crippen molar-refractivity contribution in [3.8, 4) is 0 Å². The Labute approximate surface area is 106 Å². The highest BCUT2D eigenvalue weighted by Gasteiger charge is 2.32. The van der Waals surface area contributed by atoms with E-state index >= 15 is 0 Å². The van der Waals surface area contributed by atoms with Gasteiger partial charge in [-0.1, -0.05) is 0 Å². The summed E-state index contributed by atoms with van der Waals surface area (Å²) in [6.45, 7) is 5.48. The van der Waals surface area contributed by atoms with Crippen LogP contribution in [0.1, 0.15) is 40.0 Å². The number of hydrogen-bond acceptors (Lipinski definition) is 3. The number of amides is 3. The molecule has 3 amide bonds. The van der Waals surface area contributed by atoms with Crippen LogP contribution < -0.4 is 5.32 Å². The molecular weight excluding hydrogens is 236 g/mol. The fraction of sp³-hybridized carbons (Fsp3) is 0.750. The highest BCUT2D eigenvalue weighted by molar-refractivity contribution is 5.96. The van der Waals surface area contributed by atoms with Gasteiger partial charge in [0.05, 0.1) is 5.41 Å². The molecule has 102 valence electrons. The monoisotopic (exact) mass is 256 g/mol. The van der Waals surface area contributed by atoms with Gasteiger partial charge in [0, 0.05) is 19.0 Å². The maximum absolute atomic E-state index is 11.8. The maximum atomic E-state index is 11.8. The van der Waals surface area contributed by atoms with Crippen molar-refractivity contribution in [2.45, 2.75) is 46.1 Å². The van der Waals surface area contributed by atoms with Crippen LogP contribution in [-0.2, 0) is 9.59 Å². The van der Waals surface area contributed by atoms with Crippen LogP contribution in [0, 0.1) is 5.41 Å². The number of carbonyl (C=O) groups is 3. The summed E-state index contributed by atoms with van der Waals surface area (Å²) in [7, 11) is 0. The van der Waals surface area contributed by atoms with Crippen molar-refractivity contribution in [3.05, 3.63) is 0 Å². The molecule has 1 rings (SSSR count). The number of rotatable bonds is 3. The van der Waals surface area contributed by atoms with E-state index in [0.717, 1.165) is 12.8 Å². The molecule has 0 aromatic carbocycles. The molecule has 1 unspecified atom stereocenters. The van der Waals surface area contributed by atoms with E-state index in [-0.39, 0.29) is 12.5 Å². The summed E-state index contributed by atoms with van der Waals surface area (Å²) in [6.07, 6.45) is 1.65. The van der Waals surface area contributed by atoms with Crippen LogP contribution in [-0.4, -0.2) is 40.5 Å². The number of urea groups is 1. The number of imide groups is 1. The van der Waals surface area contributed by atoms with E-state index in [1.807, 2.05) is 6.92 Å². The minimum absolute atomic E-state index is 0.130. The Balaban J connectivity index is 2.50. The largest absolute Gasteiger partial charge is 0.481 e. The summed E-state index contributed by atoms with van der Waals surface area (Å²) < 4.78 is 0. The zero-order valence-corrected chi connectivity index (χ0v) is 11.0. The van der Waals surface area contributed by atoms with E-state index < -0.39 is 23.3 Å². The number of nitrogens with one attached hydrogen (secondary N) is 1.